The van der Waals surface area contributed by atoms with Gasteiger partial charge in [0.2, 0.25) is 0 Å². The van der Waals surface area contributed by atoms with Crippen molar-refractivity contribution < 1.29 is 37.6 Å². The second-order valence-corrected chi connectivity index (χ2v) is 16.7. The number of benzene rings is 1. The number of ether oxygens (including phenoxy) is 5. The van der Waals surface area contributed by atoms with E-state index in [0.29, 0.717) is 31.0 Å². The molecule has 4 rings (SSSR count). The molecule has 222 valence electrons. The van der Waals surface area contributed by atoms with Gasteiger partial charge in [0.15, 0.2) is 12.8 Å². The van der Waals surface area contributed by atoms with Crippen LogP contribution in [0.5, 0.6) is 5.75 Å². The van der Waals surface area contributed by atoms with E-state index in [0.717, 1.165) is 36.4 Å². The van der Waals surface area contributed by atoms with Gasteiger partial charge in [0, 0.05) is 38.4 Å². The second-order valence-electron chi connectivity index (χ2n) is 11.0. The lowest BCUT2D eigenvalue weighted by Gasteiger charge is -2.23. The van der Waals surface area contributed by atoms with Gasteiger partial charge >= 0.3 is 6.11 Å². The van der Waals surface area contributed by atoms with Crippen LogP contribution in [0, 0.1) is 0 Å². The van der Waals surface area contributed by atoms with E-state index < -0.39 is 20.8 Å². The Morgan fingerprint density at radius 3 is 2.67 bits per heavy atom. The van der Waals surface area contributed by atoms with E-state index in [1.807, 2.05) is 10.9 Å². The lowest BCUT2D eigenvalue weighted by molar-refractivity contribution is -0.213. The minimum Gasteiger partial charge on any atom is -0.431 e. The summed E-state index contributed by atoms with van der Waals surface area (Å²) in [4.78, 5) is 0. The Kier molecular flexibility index (Phi) is 10.7. The van der Waals surface area contributed by atoms with Crippen LogP contribution in [-0.4, -0.2) is 85.1 Å². The quantitative estimate of drug-likeness (QED) is 0.188. The van der Waals surface area contributed by atoms with Crippen molar-refractivity contribution >= 4 is 19.0 Å². The molecule has 1 aromatic carbocycles. The van der Waals surface area contributed by atoms with Crippen LogP contribution < -0.4 is 4.74 Å². The standard InChI is InChI=1S/C27H40F2N4O6Si/c1-40(2,3)15-14-37-20-32-18-21(17-30-32)26-23-16-22(39-27(28,29)19-36-13-12-35-11-9-34)7-8-24(23)33(31-26)25-6-4-5-10-38-25/h7-8,16-18,25,34H,4-6,9-15,19-20H2,1-3H3. The van der Waals surface area contributed by atoms with Crippen LogP contribution in [0.4, 0.5) is 8.78 Å². The molecule has 1 N–H and O–H groups in total. The zero-order valence-electron chi connectivity index (χ0n) is 23.5. The average molecular weight is 583 g/mol. The smallest absolute Gasteiger partial charge is 0.421 e. The number of aromatic nitrogens is 4. The molecular formula is C27H40F2N4O6Si. The molecule has 2 aromatic heterocycles. The number of nitrogens with zero attached hydrogens (tertiary/aromatic N) is 4. The van der Waals surface area contributed by atoms with Crippen molar-refractivity contribution in [3.63, 3.8) is 0 Å². The fraction of sp³-hybridized carbons (Fsp3) is 0.630. The highest BCUT2D eigenvalue weighted by Gasteiger charge is 2.33. The Hall–Kier alpha value is -2.42. The zero-order valence-corrected chi connectivity index (χ0v) is 24.5. The summed E-state index contributed by atoms with van der Waals surface area (Å²) in [6.45, 7) is 7.67. The molecule has 0 radical (unpaired) electrons. The van der Waals surface area contributed by atoms with E-state index in [1.54, 1.807) is 23.0 Å². The lowest BCUT2D eigenvalue weighted by atomic mass is 10.1. The van der Waals surface area contributed by atoms with Crippen LogP contribution in [0.3, 0.4) is 0 Å². The molecule has 3 aromatic rings. The maximum absolute atomic E-state index is 14.5. The Labute approximate surface area is 234 Å². The van der Waals surface area contributed by atoms with Crippen LogP contribution >= 0.6 is 0 Å². The molecule has 3 heterocycles. The van der Waals surface area contributed by atoms with Crippen molar-refractivity contribution in [1.82, 2.24) is 19.6 Å². The normalized spacial score (nSPS) is 16.6. The molecule has 1 atom stereocenters. The van der Waals surface area contributed by atoms with Crippen molar-refractivity contribution in [3.8, 4) is 17.0 Å². The number of rotatable bonds is 16. The first-order valence-corrected chi connectivity index (χ1v) is 17.4. The molecule has 13 heteroatoms. The third-order valence-corrected chi connectivity index (χ3v) is 8.08. The third kappa shape index (κ3) is 8.79. The highest BCUT2D eigenvalue weighted by atomic mass is 28.3. The van der Waals surface area contributed by atoms with Crippen LogP contribution in [-0.2, 0) is 25.7 Å². The lowest BCUT2D eigenvalue weighted by Crippen LogP contribution is -2.31. The van der Waals surface area contributed by atoms with Crippen LogP contribution in [0.2, 0.25) is 25.7 Å². The zero-order chi connectivity index (χ0) is 28.6. The summed E-state index contributed by atoms with van der Waals surface area (Å²) in [7, 11) is -1.19. The van der Waals surface area contributed by atoms with Crippen molar-refractivity contribution in [3.05, 3.63) is 30.6 Å². The van der Waals surface area contributed by atoms with Gasteiger partial charge in [0.1, 0.15) is 18.2 Å². The number of hydrogen-bond acceptors (Lipinski definition) is 8. The minimum absolute atomic E-state index is 0.00920. The fourth-order valence-corrected chi connectivity index (χ4v) is 5.06. The molecule has 1 saturated heterocycles. The van der Waals surface area contributed by atoms with E-state index in [2.05, 4.69) is 24.7 Å². The Bertz CT molecular complexity index is 1210. The Morgan fingerprint density at radius 2 is 1.93 bits per heavy atom. The fourth-order valence-electron chi connectivity index (χ4n) is 4.30. The number of hydrogen-bond donors (Lipinski definition) is 1. The van der Waals surface area contributed by atoms with Gasteiger partial charge in [0.05, 0.1) is 38.1 Å². The van der Waals surface area contributed by atoms with Gasteiger partial charge < -0.3 is 28.8 Å². The molecule has 1 aliphatic rings. The molecule has 0 bridgehead atoms. The summed E-state index contributed by atoms with van der Waals surface area (Å²) < 4.78 is 59.5. The summed E-state index contributed by atoms with van der Waals surface area (Å²) in [5.41, 5.74) is 2.10. The number of aliphatic hydroxyl groups excluding tert-OH is 1. The molecule has 0 saturated carbocycles. The molecule has 1 aliphatic heterocycles. The number of aliphatic hydroxyl groups is 1. The van der Waals surface area contributed by atoms with E-state index in [9.17, 15) is 8.78 Å². The summed E-state index contributed by atoms with van der Waals surface area (Å²) in [5, 5.41) is 18.6. The largest absolute Gasteiger partial charge is 0.431 e. The van der Waals surface area contributed by atoms with Crippen LogP contribution in [0.1, 0.15) is 25.5 Å². The maximum Gasteiger partial charge on any atom is 0.421 e. The highest BCUT2D eigenvalue weighted by molar-refractivity contribution is 6.76. The summed E-state index contributed by atoms with van der Waals surface area (Å²) in [6.07, 6.45) is 2.59. The first-order valence-electron chi connectivity index (χ1n) is 13.7. The first-order chi connectivity index (χ1) is 19.1. The average Bonchev–Trinajstić information content (AvgIpc) is 3.53. The molecule has 40 heavy (non-hydrogen) atoms. The number of fused-ring (bicyclic) bond motifs is 1. The van der Waals surface area contributed by atoms with Gasteiger partial charge in [0.25, 0.3) is 0 Å². The highest BCUT2D eigenvalue weighted by Crippen LogP contribution is 2.35. The van der Waals surface area contributed by atoms with E-state index in [4.69, 9.17) is 33.9 Å². The minimum atomic E-state index is -3.55. The molecule has 0 amide bonds. The molecule has 10 nitrogen and oxygen atoms in total. The molecule has 0 aliphatic carbocycles. The van der Waals surface area contributed by atoms with Crippen molar-refractivity contribution in [1.29, 1.82) is 0 Å². The van der Waals surface area contributed by atoms with Gasteiger partial charge in [-0.05, 0) is 43.5 Å². The number of halogens is 2. The van der Waals surface area contributed by atoms with Gasteiger partial charge in [-0.2, -0.15) is 19.0 Å². The summed E-state index contributed by atoms with van der Waals surface area (Å²) in [5.74, 6) is -0.00920. The topological polar surface area (TPSA) is 102 Å². The van der Waals surface area contributed by atoms with Gasteiger partial charge in [-0.1, -0.05) is 19.6 Å². The Morgan fingerprint density at radius 1 is 1.10 bits per heavy atom. The van der Waals surface area contributed by atoms with E-state index >= 15 is 0 Å². The van der Waals surface area contributed by atoms with Crippen molar-refractivity contribution in [2.75, 3.05) is 46.2 Å². The third-order valence-electron chi connectivity index (χ3n) is 6.38. The predicted molar refractivity (Wildman–Crippen MR) is 148 cm³/mol. The monoisotopic (exact) mass is 582 g/mol. The summed E-state index contributed by atoms with van der Waals surface area (Å²) >= 11 is 0. The SMILES string of the molecule is C[Si](C)(C)CCOCn1cc(-c2nn(C3CCCCO3)c3ccc(OC(F)(F)COCCOCCO)cc23)cn1. The predicted octanol–water partition coefficient (Wildman–Crippen LogP) is 4.91. The molecular weight excluding hydrogens is 542 g/mol. The molecule has 0 spiro atoms. The van der Waals surface area contributed by atoms with Crippen LogP contribution in [0.25, 0.3) is 22.2 Å². The van der Waals surface area contributed by atoms with Crippen LogP contribution in [0.15, 0.2) is 30.6 Å². The van der Waals surface area contributed by atoms with Crippen molar-refractivity contribution in [2.24, 2.45) is 0 Å². The maximum atomic E-state index is 14.5. The Balaban J connectivity index is 1.52. The van der Waals surface area contributed by atoms with E-state index in [-0.39, 0.29) is 38.4 Å². The molecule has 1 unspecified atom stereocenters. The van der Waals surface area contributed by atoms with Crippen molar-refractivity contribution in [2.45, 2.75) is 64.0 Å². The van der Waals surface area contributed by atoms with E-state index in [1.165, 1.54) is 6.07 Å². The summed E-state index contributed by atoms with van der Waals surface area (Å²) in [6, 6.07) is 5.86. The molecule has 1 fully saturated rings. The van der Waals surface area contributed by atoms with Gasteiger partial charge in [-0.15, -0.1) is 0 Å². The van der Waals surface area contributed by atoms with Gasteiger partial charge in [-0.25, -0.2) is 9.36 Å². The van der Waals surface area contributed by atoms with Gasteiger partial charge in [-0.3, -0.25) is 0 Å². The first kappa shape index (κ1) is 30.5. The second kappa shape index (κ2) is 14.0. The number of alkyl halides is 2.